The molecule has 0 fully saturated rings. The summed E-state index contributed by atoms with van der Waals surface area (Å²) in [6.07, 6.45) is 2.44. The second-order valence-electron chi connectivity index (χ2n) is 4.96. The minimum absolute atomic E-state index is 0.0975. The number of allylic oxidation sites excluding steroid dienone is 1. The molecule has 0 saturated heterocycles. The first-order valence-electron chi connectivity index (χ1n) is 7.04. The van der Waals surface area contributed by atoms with Gasteiger partial charge in [0.05, 0.1) is 12.8 Å². The number of ketones is 1. The average Bonchev–Trinajstić information content (AvgIpc) is 2.53. The van der Waals surface area contributed by atoms with Crippen molar-refractivity contribution in [2.45, 2.75) is 6.92 Å². The van der Waals surface area contributed by atoms with E-state index in [0.717, 1.165) is 12.1 Å². The number of carbonyl (C=O) groups is 2. The molecule has 0 bridgehead atoms. The summed E-state index contributed by atoms with van der Waals surface area (Å²) in [4.78, 5) is 23.4. The minimum atomic E-state index is -0.757. The van der Waals surface area contributed by atoms with E-state index >= 15 is 0 Å². The topological polar surface area (TPSA) is 55.4 Å². The predicted octanol–water partition coefficient (Wildman–Crippen LogP) is 3.83. The van der Waals surface area contributed by atoms with E-state index in [4.69, 9.17) is 4.74 Å². The van der Waals surface area contributed by atoms with E-state index in [1.165, 1.54) is 44.4 Å². The van der Waals surface area contributed by atoms with Crippen molar-refractivity contribution in [2.75, 3.05) is 12.4 Å². The number of amides is 1. The van der Waals surface area contributed by atoms with Gasteiger partial charge in [-0.15, -0.1) is 0 Å². The first-order valence-corrected chi connectivity index (χ1v) is 7.04. The fourth-order valence-corrected chi connectivity index (χ4v) is 2.05. The number of benzene rings is 2. The van der Waals surface area contributed by atoms with Crippen molar-refractivity contribution >= 4 is 23.5 Å². The molecule has 24 heavy (non-hydrogen) atoms. The molecule has 1 amide bonds. The summed E-state index contributed by atoms with van der Waals surface area (Å²) in [5.74, 6) is -1.73. The van der Waals surface area contributed by atoms with Crippen molar-refractivity contribution in [3.8, 4) is 5.75 Å². The van der Waals surface area contributed by atoms with Crippen molar-refractivity contribution in [2.24, 2.45) is 0 Å². The van der Waals surface area contributed by atoms with Gasteiger partial charge in [0.25, 0.3) is 0 Å². The smallest absolute Gasteiger partial charge is 0.221 e. The van der Waals surface area contributed by atoms with Crippen LogP contribution < -0.4 is 10.1 Å². The Labute approximate surface area is 137 Å². The van der Waals surface area contributed by atoms with Gasteiger partial charge in [0.15, 0.2) is 5.78 Å². The maximum atomic E-state index is 13.5. The highest BCUT2D eigenvalue weighted by atomic mass is 19.1. The summed E-state index contributed by atoms with van der Waals surface area (Å²) in [6, 6.07) is 7.63. The van der Waals surface area contributed by atoms with Crippen molar-refractivity contribution in [1.82, 2.24) is 0 Å². The standard InChI is InChI=1S/C18H15F2NO3/c1-11(22)21-16-9-13(5-8-18(16)24-2)17(23)7-4-12-3-6-14(19)10-15(12)20/h3-10H,1-2H3,(H,21,22). The highest BCUT2D eigenvalue weighted by molar-refractivity contribution is 6.08. The summed E-state index contributed by atoms with van der Waals surface area (Å²) in [5, 5.41) is 2.57. The van der Waals surface area contributed by atoms with Crippen LogP contribution in [0.25, 0.3) is 6.08 Å². The molecule has 4 nitrogen and oxygen atoms in total. The molecule has 1 N–H and O–H groups in total. The maximum absolute atomic E-state index is 13.5. The van der Waals surface area contributed by atoms with Crippen molar-refractivity contribution in [1.29, 1.82) is 0 Å². The Morgan fingerprint density at radius 3 is 2.50 bits per heavy atom. The number of anilines is 1. The molecule has 6 heteroatoms. The van der Waals surface area contributed by atoms with E-state index in [1.807, 2.05) is 0 Å². The van der Waals surface area contributed by atoms with Crippen LogP contribution in [0, 0.1) is 11.6 Å². The van der Waals surface area contributed by atoms with E-state index in [2.05, 4.69) is 5.32 Å². The predicted molar refractivity (Wildman–Crippen MR) is 87.0 cm³/mol. The summed E-state index contributed by atoms with van der Waals surface area (Å²) in [7, 11) is 1.44. The summed E-state index contributed by atoms with van der Waals surface area (Å²) < 4.78 is 31.5. The van der Waals surface area contributed by atoms with Gasteiger partial charge in [-0.2, -0.15) is 0 Å². The highest BCUT2D eigenvalue weighted by Gasteiger charge is 2.10. The molecule has 2 aromatic rings. The lowest BCUT2D eigenvalue weighted by Gasteiger charge is -2.09. The largest absolute Gasteiger partial charge is 0.495 e. The summed E-state index contributed by atoms with van der Waals surface area (Å²) >= 11 is 0. The van der Waals surface area contributed by atoms with E-state index in [9.17, 15) is 18.4 Å². The normalized spacial score (nSPS) is 10.7. The zero-order valence-electron chi connectivity index (χ0n) is 13.1. The fourth-order valence-electron chi connectivity index (χ4n) is 2.05. The summed E-state index contributed by atoms with van der Waals surface area (Å²) in [6.45, 7) is 1.34. The quantitative estimate of drug-likeness (QED) is 0.669. The maximum Gasteiger partial charge on any atom is 0.221 e. The van der Waals surface area contributed by atoms with E-state index in [0.29, 0.717) is 17.0 Å². The number of nitrogens with one attached hydrogen (secondary N) is 1. The van der Waals surface area contributed by atoms with Crippen LogP contribution >= 0.6 is 0 Å². The Hall–Kier alpha value is -3.02. The van der Waals surface area contributed by atoms with Crippen LogP contribution in [0.4, 0.5) is 14.5 Å². The van der Waals surface area contributed by atoms with E-state index in [1.54, 1.807) is 6.07 Å². The van der Waals surface area contributed by atoms with Crippen LogP contribution in [0.2, 0.25) is 0 Å². The lowest BCUT2D eigenvalue weighted by Crippen LogP contribution is -2.08. The van der Waals surface area contributed by atoms with Gasteiger partial charge in [-0.1, -0.05) is 0 Å². The average molecular weight is 331 g/mol. The Morgan fingerprint density at radius 2 is 1.88 bits per heavy atom. The number of methoxy groups -OCH3 is 1. The van der Waals surface area contributed by atoms with Gasteiger partial charge in [-0.25, -0.2) is 8.78 Å². The molecule has 124 valence electrons. The molecule has 0 aliphatic carbocycles. The number of carbonyl (C=O) groups excluding carboxylic acids is 2. The van der Waals surface area contributed by atoms with Gasteiger partial charge in [-0.05, 0) is 42.5 Å². The SMILES string of the molecule is COc1ccc(C(=O)C=Cc2ccc(F)cc2F)cc1NC(C)=O. The third-order valence-corrected chi connectivity index (χ3v) is 3.17. The lowest BCUT2D eigenvalue weighted by atomic mass is 10.1. The lowest BCUT2D eigenvalue weighted by molar-refractivity contribution is -0.114. The van der Waals surface area contributed by atoms with Gasteiger partial charge >= 0.3 is 0 Å². The van der Waals surface area contributed by atoms with Crippen LogP contribution in [-0.2, 0) is 4.79 Å². The molecule has 0 aliphatic rings. The third kappa shape index (κ3) is 4.25. The molecule has 0 heterocycles. The molecule has 0 aliphatic heterocycles. The highest BCUT2D eigenvalue weighted by Crippen LogP contribution is 2.26. The molecule has 0 saturated carbocycles. The molecule has 0 aromatic heterocycles. The number of hydrogen-bond acceptors (Lipinski definition) is 3. The molecular weight excluding hydrogens is 316 g/mol. The molecule has 2 aromatic carbocycles. The van der Waals surface area contributed by atoms with Crippen molar-refractivity contribution < 1.29 is 23.1 Å². The third-order valence-electron chi connectivity index (χ3n) is 3.17. The molecular formula is C18H15F2NO3. The van der Waals surface area contributed by atoms with Crippen LogP contribution in [0.3, 0.4) is 0 Å². The van der Waals surface area contributed by atoms with Crippen LogP contribution in [0.5, 0.6) is 5.75 Å². The Morgan fingerprint density at radius 1 is 1.12 bits per heavy atom. The van der Waals surface area contributed by atoms with Gasteiger partial charge in [0.2, 0.25) is 5.91 Å². The first-order chi connectivity index (χ1) is 11.4. The Balaban J connectivity index is 2.26. The second-order valence-corrected chi connectivity index (χ2v) is 4.96. The van der Waals surface area contributed by atoms with E-state index < -0.39 is 17.4 Å². The number of halogens is 2. The van der Waals surface area contributed by atoms with Gasteiger partial charge in [-0.3, -0.25) is 9.59 Å². The van der Waals surface area contributed by atoms with Crippen LogP contribution in [-0.4, -0.2) is 18.8 Å². The number of rotatable bonds is 5. The van der Waals surface area contributed by atoms with Gasteiger partial charge in [0.1, 0.15) is 17.4 Å². The van der Waals surface area contributed by atoms with Crippen LogP contribution in [0.1, 0.15) is 22.8 Å². The summed E-state index contributed by atoms with van der Waals surface area (Å²) in [5.41, 5.74) is 0.746. The molecule has 2 rings (SSSR count). The Bertz CT molecular complexity index is 816. The van der Waals surface area contributed by atoms with Gasteiger partial charge in [0, 0.05) is 24.1 Å². The van der Waals surface area contributed by atoms with Crippen LogP contribution in [0.15, 0.2) is 42.5 Å². The second kappa shape index (κ2) is 7.50. The molecule has 0 radical (unpaired) electrons. The zero-order chi connectivity index (χ0) is 17.7. The molecule has 0 spiro atoms. The molecule has 0 atom stereocenters. The van der Waals surface area contributed by atoms with Gasteiger partial charge < -0.3 is 10.1 Å². The zero-order valence-corrected chi connectivity index (χ0v) is 13.1. The minimum Gasteiger partial charge on any atom is -0.495 e. The van der Waals surface area contributed by atoms with Crippen molar-refractivity contribution in [3.63, 3.8) is 0 Å². The van der Waals surface area contributed by atoms with E-state index in [-0.39, 0.29) is 11.5 Å². The monoisotopic (exact) mass is 331 g/mol. The first kappa shape index (κ1) is 17.3. The fraction of sp³-hybridized carbons (Fsp3) is 0.111. The van der Waals surface area contributed by atoms with Crippen molar-refractivity contribution in [3.05, 3.63) is 65.2 Å². The number of ether oxygens (including phenoxy) is 1. The molecule has 0 unspecified atom stereocenters. The number of hydrogen-bond donors (Lipinski definition) is 1. The Kier molecular flexibility index (Phi) is 5.42.